The molecule has 2 heterocycles. The van der Waals surface area contributed by atoms with E-state index < -0.39 is 11.6 Å². The largest absolute Gasteiger partial charge is 0.287 e. The Bertz CT molecular complexity index is 814. The van der Waals surface area contributed by atoms with Crippen molar-refractivity contribution in [3.63, 3.8) is 0 Å². The van der Waals surface area contributed by atoms with Crippen LogP contribution in [0.5, 0.6) is 0 Å². The third kappa shape index (κ3) is 2.16. The molecule has 0 fully saturated rings. The number of aryl methyl sites for hydroxylation is 1. The summed E-state index contributed by atoms with van der Waals surface area (Å²) in [5.41, 5.74) is 1.96. The van der Waals surface area contributed by atoms with Crippen LogP contribution in [0.4, 0.5) is 4.39 Å². The summed E-state index contributed by atoms with van der Waals surface area (Å²) in [6.45, 7) is 1.90. The van der Waals surface area contributed by atoms with Gasteiger partial charge >= 0.3 is 0 Å². The van der Waals surface area contributed by atoms with E-state index in [-0.39, 0.29) is 5.69 Å². The highest BCUT2D eigenvalue weighted by molar-refractivity contribution is 6.09. The summed E-state index contributed by atoms with van der Waals surface area (Å²) < 4.78 is 13.6. The predicted molar refractivity (Wildman–Crippen MR) is 74.1 cm³/mol. The molecular weight excluding hydrogens is 255 g/mol. The SMILES string of the molecule is Cc1ccc2cc(C(=O)c3ncccc3F)ccc2n1. The third-order valence-electron chi connectivity index (χ3n) is 3.06. The van der Waals surface area contributed by atoms with Crippen LogP contribution in [0.3, 0.4) is 0 Å². The van der Waals surface area contributed by atoms with Crippen molar-refractivity contribution in [2.45, 2.75) is 6.92 Å². The first-order valence-corrected chi connectivity index (χ1v) is 6.18. The van der Waals surface area contributed by atoms with Gasteiger partial charge in [0.1, 0.15) is 5.69 Å². The lowest BCUT2D eigenvalue weighted by Gasteiger charge is -2.04. The lowest BCUT2D eigenvalue weighted by Crippen LogP contribution is -2.06. The van der Waals surface area contributed by atoms with Crippen LogP contribution in [0.25, 0.3) is 10.9 Å². The van der Waals surface area contributed by atoms with Gasteiger partial charge in [-0.15, -0.1) is 0 Å². The van der Waals surface area contributed by atoms with E-state index in [0.717, 1.165) is 16.6 Å². The van der Waals surface area contributed by atoms with Gasteiger partial charge in [0.2, 0.25) is 5.78 Å². The lowest BCUT2D eigenvalue weighted by molar-refractivity contribution is 0.103. The van der Waals surface area contributed by atoms with Crippen molar-refractivity contribution >= 4 is 16.7 Å². The fourth-order valence-corrected chi connectivity index (χ4v) is 2.06. The standard InChI is InChI=1S/C16H11FN2O/c1-10-4-5-11-9-12(6-7-14(11)19-10)16(20)15-13(17)3-2-8-18-15/h2-9H,1H3. The molecule has 0 unspecified atom stereocenters. The van der Waals surface area contributed by atoms with E-state index in [4.69, 9.17) is 0 Å². The van der Waals surface area contributed by atoms with Gasteiger partial charge in [-0.2, -0.15) is 0 Å². The monoisotopic (exact) mass is 266 g/mol. The number of halogens is 1. The van der Waals surface area contributed by atoms with Crippen LogP contribution in [0.2, 0.25) is 0 Å². The maximum Gasteiger partial charge on any atom is 0.214 e. The number of nitrogens with zero attached hydrogens (tertiary/aromatic N) is 2. The first-order valence-electron chi connectivity index (χ1n) is 6.18. The first-order chi connectivity index (χ1) is 9.65. The summed E-state index contributed by atoms with van der Waals surface area (Å²) in [7, 11) is 0. The zero-order valence-corrected chi connectivity index (χ0v) is 10.8. The average molecular weight is 266 g/mol. The van der Waals surface area contributed by atoms with Crippen LogP contribution in [0.15, 0.2) is 48.7 Å². The molecule has 0 spiro atoms. The summed E-state index contributed by atoms with van der Waals surface area (Å²) in [6.07, 6.45) is 1.41. The van der Waals surface area contributed by atoms with Gasteiger partial charge in [-0.25, -0.2) is 9.37 Å². The van der Waals surface area contributed by atoms with E-state index in [2.05, 4.69) is 9.97 Å². The quantitative estimate of drug-likeness (QED) is 0.668. The molecule has 20 heavy (non-hydrogen) atoms. The van der Waals surface area contributed by atoms with Crippen LogP contribution in [-0.2, 0) is 0 Å². The van der Waals surface area contributed by atoms with Gasteiger partial charge in [0.15, 0.2) is 5.82 Å². The first kappa shape index (κ1) is 12.4. The molecule has 2 aromatic heterocycles. The molecule has 0 aliphatic carbocycles. The number of carbonyl (C=O) groups is 1. The molecule has 0 bridgehead atoms. The summed E-state index contributed by atoms with van der Waals surface area (Å²) in [5.74, 6) is -1.04. The Morgan fingerprint density at radius 3 is 2.80 bits per heavy atom. The predicted octanol–water partition coefficient (Wildman–Crippen LogP) is 3.31. The summed E-state index contributed by atoms with van der Waals surface area (Å²) >= 11 is 0. The smallest absolute Gasteiger partial charge is 0.214 e. The van der Waals surface area contributed by atoms with Crippen molar-refractivity contribution < 1.29 is 9.18 Å². The molecule has 3 aromatic rings. The van der Waals surface area contributed by atoms with Crippen molar-refractivity contribution in [3.05, 3.63) is 71.4 Å². The van der Waals surface area contributed by atoms with Crippen LogP contribution < -0.4 is 0 Å². The van der Waals surface area contributed by atoms with Gasteiger partial charge in [-0.1, -0.05) is 6.07 Å². The molecule has 1 aromatic carbocycles. The number of ketones is 1. The minimum absolute atomic E-state index is 0.160. The normalized spacial score (nSPS) is 10.7. The average Bonchev–Trinajstić information content (AvgIpc) is 2.46. The van der Waals surface area contributed by atoms with Crippen LogP contribution in [0, 0.1) is 12.7 Å². The van der Waals surface area contributed by atoms with Crippen molar-refractivity contribution in [1.29, 1.82) is 0 Å². The Labute approximate surface area is 115 Å². The van der Waals surface area contributed by atoms with Gasteiger partial charge in [-0.05, 0) is 43.3 Å². The number of pyridine rings is 2. The third-order valence-corrected chi connectivity index (χ3v) is 3.06. The Morgan fingerprint density at radius 1 is 1.15 bits per heavy atom. The Kier molecular flexibility index (Phi) is 2.99. The second-order valence-electron chi connectivity index (χ2n) is 4.52. The van der Waals surface area contributed by atoms with Gasteiger partial charge in [-0.3, -0.25) is 9.78 Å². The lowest BCUT2D eigenvalue weighted by atomic mass is 10.0. The summed E-state index contributed by atoms with van der Waals surface area (Å²) in [4.78, 5) is 20.4. The van der Waals surface area contributed by atoms with Crippen LogP contribution in [0.1, 0.15) is 21.7 Å². The van der Waals surface area contributed by atoms with E-state index in [1.54, 1.807) is 18.2 Å². The Morgan fingerprint density at radius 2 is 2.00 bits per heavy atom. The highest BCUT2D eigenvalue weighted by Gasteiger charge is 2.15. The number of fused-ring (bicyclic) bond motifs is 1. The molecule has 0 amide bonds. The molecule has 0 atom stereocenters. The molecule has 3 rings (SSSR count). The second kappa shape index (κ2) is 4.81. The van der Waals surface area contributed by atoms with Gasteiger partial charge < -0.3 is 0 Å². The highest BCUT2D eigenvalue weighted by atomic mass is 19.1. The summed E-state index contributed by atoms with van der Waals surface area (Å²) in [6, 6.07) is 11.6. The van der Waals surface area contributed by atoms with Crippen molar-refractivity contribution in [3.8, 4) is 0 Å². The van der Waals surface area contributed by atoms with Crippen LogP contribution >= 0.6 is 0 Å². The van der Waals surface area contributed by atoms with Crippen LogP contribution in [-0.4, -0.2) is 15.8 Å². The summed E-state index contributed by atoms with van der Waals surface area (Å²) in [5, 5.41) is 0.845. The van der Waals surface area contributed by atoms with Crippen molar-refractivity contribution in [1.82, 2.24) is 9.97 Å². The molecule has 0 radical (unpaired) electrons. The molecule has 0 saturated heterocycles. The Hall–Kier alpha value is -2.62. The van der Waals surface area contributed by atoms with Crippen molar-refractivity contribution in [2.75, 3.05) is 0 Å². The maximum atomic E-state index is 13.6. The maximum absolute atomic E-state index is 13.6. The zero-order valence-electron chi connectivity index (χ0n) is 10.8. The van der Waals surface area contributed by atoms with Crippen molar-refractivity contribution in [2.24, 2.45) is 0 Å². The molecular formula is C16H11FN2O. The topological polar surface area (TPSA) is 42.9 Å². The number of hydrogen-bond acceptors (Lipinski definition) is 3. The molecule has 4 heteroatoms. The highest BCUT2D eigenvalue weighted by Crippen LogP contribution is 2.17. The van der Waals surface area contributed by atoms with E-state index in [1.807, 2.05) is 19.1 Å². The molecule has 0 aliphatic heterocycles. The van der Waals surface area contributed by atoms with Gasteiger partial charge in [0, 0.05) is 22.8 Å². The fourth-order valence-electron chi connectivity index (χ4n) is 2.06. The van der Waals surface area contributed by atoms with Gasteiger partial charge in [0.05, 0.1) is 5.52 Å². The molecule has 98 valence electrons. The number of carbonyl (C=O) groups excluding carboxylic acids is 1. The molecule has 3 nitrogen and oxygen atoms in total. The zero-order chi connectivity index (χ0) is 14.1. The molecule has 0 N–H and O–H groups in total. The number of rotatable bonds is 2. The van der Waals surface area contributed by atoms with E-state index in [1.165, 1.54) is 18.3 Å². The number of benzene rings is 1. The van der Waals surface area contributed by atoms with E-state index in [0.29, 0.717) is 5.56 Å². The molecule has 0 saturated carbocycles. The fraction of sp³-hybridized carbons (Fsp3) is 0.0625. The van der Waals surface area contributed by atoms with E-state index >= 15 is 0 Å². The minimum atomic E-state index is -0.611. The molecule has 0 aliphatic rings. The second-order valence-corrected chi connectivity index (χ2v) is 4.52. The number of aromatic nitrogens is 2. The Balaban J connectivity index is 2.09. The minimum Gasteiger partial charge on any atom is -0.287 e. The number of hydrogen-bond donors (Lipinski definition) is 0. The van der Waals surface area contributed by atoms with Gasteiger partial charge in [0.25, 0.3) is 0 Å². The van der Waals surface area contributed by atoms with E-state index in [9.17, 15) is 9.18 Å².